The van der Waals surface area contributed by atoms with Crippen LogP contribution in [0.15, 0.2) is 17.0 Å². The number of aryl methyl sites for hydroxylation is 2. The second-order valence-electron chi connectivity index (χ2n) is 5.00. The smallest absolute Gasteiger partial charge is 0.289 e. The number of nitro benzene ring substituents is 1. The van der Waals surface area contributed by atoms with E-state index in [2.05, 4.69) is 4.72 Å². The largest absolute Gasteiger partial charge is 0.329 e. The van der Waals surface area contributed by atoms with Crippen molar-refractivity contribution in [3.8, 4) is 0 Å². The van der Waals surface area contributed by atoms with Crippen LogP contribution in [0, 0.1) is 24.0 Å². The maximum atomic E-state index is 12.4. The fraction of sp³-hybridized carbons (Fsp3) is 0.538. The summed E-state index contributed by atoms with van der Waals surface area (Å²) in [7, 11) is -3.98. The molecule has 1 aromatic carbocycles. The van der Waals surface area contributed by atoms with Crippen LogP contribution in [-0.2, 0) is 10.0 Å². The van der Waals surface area contributed by atoms with Crippen molar-refractivity contribution >= 4 is 15.7 Å². The van der Waals surface area contributed by atoms with Crippen molar-refractivity contribution in [1.82, 2.24) is 4.72 Å². The van der Waals surface area contributed by atoms with E-state index in [9.17, 15) is 18.5 Å². The Hall–Kier alpha value is -1.51. The van der Waals surface area contributed by atoms with E-state index in [-0.39, 0.29) is 11.4 Å². The van der Waals surface area contributed by atoms with Crippen LogP contribution in [0.4, 0.5) is 5.69 Å². The highest BCUT2D eigenvalue weighted by molar-refractivity contribution is 7.89. The number of nitrogens with zero attached hydrogens (tertiary/aromatic N) is 1. The Morgan fingerprint density at radius 3 is 2.38 bits per heavy atom. The summed E-state index contributed by atoms with van der Waals surface area (Å²) in [6.45, 7) is 5.47. The quantitative estimate of drug-likeness (QED) is 0.586. The number of hydrogen-bond acceptors (Lipinski definition) is 5. The maximum absolute atomic E-state index is 12.4. The van der Waals surface area contributed by atoms with Crippen LogP contribution in [0.1, 0.15) is 30.9 Å². The average Bonchev–Trinajstić information content (AvgIpc) is 2.40. The standard InChI is InChI=1S/C13H21N3O4S/c1-4-5-11(8-14)15-21(19,20)13-7-10(3)9(2)6-12(13)16(17)18/h6-7,11,15H,4-5,8,14H2,1-3H3. The lowest BCUT2D eigenvalue weighted by Gasteiger charge is -2.16. The van der Waals surface area contributed by atoms with E-state index in [0.29, 0.717) is 17.5 Å². The Morgan fingerprint density at radius 2 is 1.90 bits per heavy atom. The van der Waals surface area contributed by atoms with E-state index in [1.165, 1.54) is 12.1 Å². The number of benzene rings is 1. The van der Waals surface area contributed by atoms with E-state index in [0.717, 1.165) is 6.42 Å². The van der Waals surface area contributed by atoms with E-state index in [4.69, 9.17) is 5.73 Å². The van der Waals surface area contributed by atoms with Crippen molar-refractivity contribution in [2.24, 2.45) is 5.73 Å². The molecule has 0 spiro atoms. The van der Waals surface area contributed by atoms with Gasteiger partial charge in [-0.15, -0.1) is 0 Å². The third-order valence-electron chi connectivity index (χ3n) is 3.30. The van der Waals surface area contributed by atoms with Gasteiger partial charge in [-0.05, 0) is 37.5 Å². The van der Waals surface area contributed by atoms with E-state index < -0.39 is 26.7 Å². The zero-order valence-corrected chi connectivity index (χ0v) is 13.2. The lowest BCUT2D eigenvalue weighted by molar-refractivity contribution is -0.387. The molecule has 0 fully saturated rings. The van der Waals surface area contributed by atoms with Crippen molar-refractivity contribution in [2.75, 3.05) is 6.54 Å². The number of nitro groups is 1. The minimum atomic E-state index is -3.98. The zero-order chi connectivity index (χ0) is 16.2. The monoisotopic (exact) mass is 315 g/mol. The molecule has 0 aliphatic heterocycles. The highest BCUT2D eigenvalue weighted by Crippen LogP contribution is 2.27. The van der Waals surface area contributed by atoms with Crippen LogP contribution in [0.2, 0.25) is 0 Å². The molecule has 8 heteroatoms. The summed E-state index contributed by atoms with van der Waals surface area (Å²) in [6, 6.07) is 2.18. The molecular formula is C13H21N3O4S. The summed E-state index contributed by atoms with van der Waals surface area (Å²) < 4.78 is 27.2. The molecule has 0 aliphatic rings. The minimum Gasteiger partial charge on any atom is -0.329 e. The third-order valence-corrected chi connectivity index (χ3v) is 4.85. The van der Waals surface area contributed by atoms with Gasteiger partial charge in [0.1, 0.15) is 0 Å². The molecule has 0 saturated carbocycles. The van der Waals surface area contributed by atoms with Crippen LogP contribution in [0.3, 0.4) is 0 Å². The molecule has 1 atom stereocenters. The van der Waals surface area contributed by atoms with Crippen LogP contribution < -0.4 is 10.5 Å². The van der Waals surface area contributed by atoms with Gasteiger partial charge in [0, 0.05) is 18.7 Å². The molecule has 3 N–H and O–H groups in total. The number of rotatable bonds is 7. The van der Waals surface area contributed by atoms with Crippen molar-refractivity contribution in [3.05, 3.63) is 33.4 Å². The van der Waals surface area contributed by atoms with Gasteiger partial charge in [-0.25, -0.2) is 13.1 Å². The summed E-state index contributed by atoms with van der Waals surface area (Å²) in [4.78, 5) is 10.1. The summed E-state index contributed by atoms with van der Waals surface area (Å²) in [5.41, 5.74) is 6.47. The zero-order valence-electron chi connectivity index (χ0n) is 12.4. The second-order valence-corrected chi connectivity index (χ2v) is 6.69. The van der Waals surface area contributed by atoms with Gasteiger partial charge >= 0.3 is 0 Å². The molecule has 0 radical (unpaired) electrons. The Kier molecular flexibility index (Phi) is 5.82. The predicted molar refractivity (Wildman–Crippen MR) is 80.6 cm³/mol. The van der Waals surface area contributed by atoms with Crippen LogP contribution in [-0.4, -0.2) is 25.9 Å². The lowest BCUT2D eigenvalue weighted by atomic mass is 10.1. The van der Waals surface area contributed by atoms with Crippen molar-refractivity contribution < 1.29 is 13.3 Å². The Labute approximate surface area is 124 Å². The summed E-state index contributed by atoms with van der Waals surface area (Å²) >= 11 is 0. The van der Waals surface area contributed by atoms with E-state index >= 15 is 0 Å². The molecule has 0 heterocycles. The topological polar surface area (TPSA) is 115 Å². The first-order valence-corrected chi connectivity index (χ1v) is 8.19. The molecule has 0 aromatic heterocycles. The van der Waals surface area contributed by atoms with Crippen molar-refractivity contribution in [2.45, 2.75) is 44.6 Å². The molecule has 1 rings (SSSR count). The van der Waals surface area contributed by atoms with Gasteiger partial charge < -0.3 is 5.73 Å². The van der Waals surface area contributed by atoms with Gasteiger partial charge in [0.25, 0.3) is 5.69 Å². The number of nitrogens with two attached hydrogens (primary N) is 1. The van der Waals surface area contributed by atoms with Gasteiger partial charge in [-0.1, -0.05) is 13.3 Å². The second kappa shape index (κ2) is 6.97. The predicted octanol–water partition coefficient (Wildman–Crippen LogP) is 1.62. The Morgan fingerprint density at radius 1 is 1.33 bits per heavy atom. The van der Waals surface area contributed by atoms with E-state index in [1.807, 2.05) is 6.92 Å². The molecule has 21 heavy (non-hydrogen) atoms. The molecule has 0 saturated heterocycles. The first-order valence-electron chi connectivity index (χ1n) is 6.71. The number of sulfonamides is 1. The highest BCUT2D eigenvalue weighted by atomic mass is 32.2. The molecule has 118 valence electrons. The molecule has 1 aromatic rings. The van der Waals surface area contributed by atoms with Gasteiger partial charge in [-0.3, -0.25) is 10.1 Å². The Balaban J connectivity index is 3.30. The van der Waals surface area contributed by atoms with Crippen molar-refractivity contribution in [3.63, 3.8) is 0 Å². The normalized spacial score (nSPS) is 13.1. The van der Waals surface area contributed by atoms with E-state index in [1.54, 1.807) is 13.8 Å². The summed E-state index contributed by atoms with van der Waals surface area (Å²) in [5.74, 6) is 0. The molecular weight excluding hydrogens is 294 g/mol. The third kappa shape index (κ3) is 4.23. The first-order chi connectivity index (χ1) is 9.72. The fourth-order valence-corrected chi connectivity index (χ4v) is 3.51. The van der Waals surface area contributed by atoms with Crippen molar-refractivity contribution in [1.29, 1.82) is 0 Å². The molecule has 7 nitrogen and oxygen atoms in total. The van der Waals surface area contributed by atoms with Crippen LogP contribution in [0.5, 0.6) is 0 Å². The SMILES string of the molecule is CCCC(CN)NS(=O)(=O)c1cc(C)c(C)cc1[N+](=O)[O-]. The number of nitrogens with one attached hydrogen (secondary N) is 1. The lowest BCUT2D eigenvalue weighted by Crippen LogP contribution is -2.40. The van der Waals surface area contributed by atoms with Gasteiger partial charge in [-0.2, -0.15) is 0 Å². The average molecular weight is 315 g/mol. The minimum absolute atomic E-state index is 0.145. The fourth-order valence-electron chi connectivity index (χ4n) is 1.99. The Bertz CT molecular complexity index is 629. The van der Waals surface area contributed by atoms with Gasteiger partial charge in [0.2, 0.25) is 10.0 Å². The molecule has 1 unspecified atom stereocenters. The molecule has 0 aliphatic carbocycles. The summed E-state index contributed by atoms with van der Waals surface area (Å²) in [6.07, 6.45) is 1.34. The van der Waals surface area contributed by atoms with Crippen LogP contribution >= 0.6 is 0 Å². The van der Waals surface area contributed by atoms with Gasteiger partial charge in [0.05, 0.1) is 4.92 Å². The summed E-state index contributed by atoms with van der Waals surface area (Å²) in [5, 5.41) is 11.1. The molecule has 0 amide bonds. The first kappa shape index (κ1) is 17.5. The maximum Gasteiger partial charge on any atom is 0.289 e. The highest BCUT2D eigenvalue weighted by Gasteiger charge is 2.28. The number of hydrogen-bond donors (Lipinski definition) is 2. The van der Waals surface area contributed by atoms with Crippen LogP contribution in [0.25, 0.3) is 0 Å². The molecule has 0 bridgehead atoms. The van der Waals surface area contributed by atoms with Gasteiger partial charge in [0.15, 0.2) is 4.90 Å².